The van der Waals surface area contributed by atoms with Crippen molar-refractivity contribution >= 4 is 5.78 Å². The SMILES string of the molecule is C=C1/C=C\C(C#N)=C/CC(=O)C(O)=CC1=CO. The first-order chi connectivity index (χ1) is 8.08. The molecule has 17 heavy (non-hydrogen) atoms. The van der Waals surface area contributed by atoms with Crippen molar-refractivity contribution in [1.82, 2.24) is 0 Å². The summed E-state index contributed by atoms with van der Waals surface area (Å²) in [5, 5.41) is 27.2. The largest absolute Gasteiger partial charge is 0.515 e. The molecule has 0 saturated carbocycles. The van der Waals surface area contributed by atoms with Crippen molar-refractivity contribution in [3.8, 4) is 6.07 Å². The lowest BCUT2D eigenvalue weighted by Gasteiger charge is -2.04. The van der Waals surface area contributed by atoms with Gasteiger partial charge in [-0.05, 0) is 17.7 Å². The van der Waals surface area contributed by atoms with Gasteiger partial charge in [-0.25, -0.2) is 0 Å². The molecule has 4 nitrogen and oxygen atoms in total. The second-order valence-corrected chi connectivity index (χ2v) is 3.37. The van der Waals surface area contributed by atoms with E-state index in [2.05, 4.69) is 6.58 Å². The highest BCUT2D eigenvalue weighted by Crippen LogP contribution is 2.16. The molecular formula is C13H11NO3. The fourth-order valence-corrected chi connectivity index (χ4v) is 1.19. The van der Waals surface area contributed by atoms with Crippen LogP contribution in [0.5, 0.6) is 0 Å². The van der Waals surface area contributed by atoms with Gasteiger partial charge in [0.05, 0.1) is 12.3 Å². The van der Waals surface area contributed by atoms with E-state index >= 15 is 0 Å². The van der Waals surface area contributed by atoms with Crippen molar-refractivity contribution in [2.24, 2.45) is 0 Å². The Morgan fingerprint density at radius 3 is 2.76 bits per heavy atom. The summed E-state index contributed by atoms with van der Waals surface area (Å²) in [5.41, 5.74) is 0.896. The minimum Gasteiger partial charge on any atom is -0.515 e. The minimum absolute atomic E-state index is 0.0687. The fraction of sp³-hybridized carbons (Fsp3) is 0.0769. The highest BCUT2D eigenvalue weighted by Gasteiger charge is 2.10. The van der Waals surface area contributed by atoms with E-state index < -0.39 is 11.5 Å². The zero-order valence-corrected chi connectivity index (χ0v) is 9.05. The molecule has 0 unspecified atom stereocenters. The van der Waals surface area contributed by atoms with Crippen molar-refractivity contribution < 1.29 is 15.0 Å². The predicted molar refractivity (Wildman–Crippen MR) is 63.0 cm³/mol. The van der Waals surface area contributed by atoms with Crippen LogP contribution in [0.3, 0.4) is 0 Å². The van der Waals surface area contributed by atoms with Gasteiger partial charge in [-0.1, -0.05) is 18.7 Å². The number of ketones is 1. The Bertz CT molecular complexity index is 513. The molecule has 0 aromatic rings. The first-order valence-electron chi connectivity index (χ1n) is 4.84. The number of carbonyl (C=O) groups is 1. The van der Waals surface area contributed by atoms with Gasteiger partial charge in [0.25, 0.3) is 0 Å². The van der Waals surface area contributed by atoms with Crippen LogP contribution in [0.15, 0.2) is 59.6 Å². The molecule has 1 aliphatic rings. The third kappa shape index (κ3) is 3.21. The summed E-state index contributed by atoms with van der Waals surface area (Å²) in [4.78, 5) is 11.4. The Hall–Kier alpha value is -2.54. The molecule has 0 heterocycles. The zero-order valence-electron chi connectivity index (χ0n) is 9.05. The maximum atomic E-state index is 11.4. The molecule has 1 aliphatic carbocycles. The summed E-state index contributed by atoms with van der Waals surface area (Å²) in [6.45, 7) is 3.65. The molecule has 0 amide bonds. The molecule has 0 radical (unpaired) electrons. The van der Waals surface area contributed by atoms with Crippen molar-refractivity contribution in [2.75, 3.05) is 0 Å². The first-order valence-corrected chi connectivity index (χ1v) is 4.84. The maximum absolute atomic E-state index is 11.4. The molecule has 4 heteroatoms. The first kappa shape index (κ1) is 12.5. The number of Topliss-reactive ketones (excluding diaryl/α,β-unsaturated/α-hetero) is 1. The van der Waals surface area contributed by atoms with Crippen molar-refractivity contribution in [3.63, 3.8) is 0 Å². The van der Waals surface area contributed by atoms with Crippen LogP contribution in [0, 0.1) is 11.3 Å². The summed E-state index contributed by atoms with van der Waals surface area (Å²) in [6.07, 6.45) is 6.25. The lowest BCUT2D eigenvalue weighted by Crippen LogP contribution is -2.02. The summed E-state index contributed by atoms with van der Waals surface area (Å²) >= 11 is 0. The highest BCUT2D eigenvalue weighted by atomic mass is 16.3. The van der Waals surface area contributed by atoms with Gasteiger partial charge in [0.15, 0.2) is 5.76 Å². The molecule has 1 rings (SSSR count). The van der Waals surface area contributed by atoms with Crippen LogP contribution in [0.4, 0.5) is 0 Å². The number of nitrogens with zero attached hydrogens (tertiary/aromatic N) is 1. The van der Waals surface area contributed by atoms with Gasteiger partial charge >= 0.3 is 0 Å². The van der Waals surface area contributed by atoms with Crippen LogP contribution in [0.2, 0.25) is 0 Å². The van der Waals surface area contributed by atoms with Crippen LogP contribution in [0.25, 0.3) is 0 Å². The lowest BCUT2D eigenvalue weighted by atomic mass is 10.0. The molecule has 0 spiro atoms. The average Bonchev–Trinajstić information content (AvgIpc) is 2.34. The Kier molecular flexibility index (Phi) is 4.07. The van der Waals surface area contributed by atoms with E-state index in [1.54, 1.807) is 0 Å². The summed E-state index contributed by atoms with van der Waals surface area (Å²) in [6, 6.07) is 1.91. The molecule has 2 N–H and O–H groups in total. The van der Waals surface area contributed by atoms with E-state index in [1.807, 2.05) is 6.07 Å². The summed E-state index contributed by atoms with van der Waals surface area (Å²) in [5.74, 6) is -1.00. The fourth-order valence-electron chi connectivity index (χ4n) is 1.19. The second-order valence-electron chi connectivity index (χ2n) is 3.37. The second kappa shape index (κ2) is 5.52. The third-order valence-corrected chi connectivity index (χ3v) is 2.19. The average molecular weight is 229 g/mol. The smallest absolute Gasteiger partial charge is 0.200 e. The van der Waals surface area contributed by atoms with Gasteiger partial charge in [-0.15, -0.1) is 0 Å². The minimum atomic E-state index is -0.528. The Labute approximate surface area is 98.8 Å². The van der Waals surface area contributed by atoms with E-state index in [9.17, 15) is 9.90 Å². The number of nitriles is 1. The number of rotatable bonds is 0. The van der Waals surface area contributed by atoms with Gasteiger partial charge in [0.1, 0.15) is 0 Å². The van der Waals surface area contributed by atoms with E-state index in [4.69, 9.17) is 10.4 Å². The number of aliphatic hydroxyl groups is 2. The predicted octanol–water partition coefficient (Wildman–Crippen LogP) is 2.41. The maximum Gasteiger partial charge on any atom is 0.200 e. The van der Waals surface area contributed by atoms with E-state index in [-0.39, 0.29) is 12.0 Å². The standard InChI is InChI=1S/C13H11NO3/c1-9-2-3-10(7-14)4-5-12(16)13(17)6-11(9)8-15/h2-4,6,8,15,17H,1,5H2/b3-2-,10-4+,11-8?,13-6?. The molecule has 0 atom stereocenters. The van der Waals surface area contributed by atoms with E-state index in [0.29, 0.717) is 11.1 Å². The lowest BCUT2D eigenvalue weighted by molar-refractivity contribution is -0.117. The van der Waals surface area contributed by atoms with Crippen LogP contribution >= 0.6 is 0 Å². The van der Waals surface area contributed by atoms with E-state index in [0.717, 1.165) is 12.3 Å². The molecule has 0 fully saturated rings. The van der Waals surface area contributed by atoms with Gasteiger partial charge in [0.2, 0.25) is 5.78 Å². The topological polar surface area (TPSA) is 81.3 Å². The number of hydrogen-bond donors (Lipinski definition) is 2. The monoisotopic (exact) mass is 229 g/mol. The van der Waals surface area contributed by atoms with Gasteiger partial charge in [0, 0.05) is 17.6 Å². The van der Waals surface area contributed by atoms with Crippen molar-refractivity contribution in [2.45, 2.75) is 6.42 Å². The molecular weight excluding hydrogens is 218 g/mol. The normalized spacial score (nSPS) is 24.5. The Morgan fingerprint density at radius 1 is 1.47 bits per heavy atom. The zero-order chi connectivity index (χ0) is 12.8. The van der Waals surface area contributed by atoms with Gasteiger partial charge in [-0.2, -0.15) is 5.26 Å². The van der Waals surface area contributed by atoms with Gasteiger partial charge in [-0.3, -0.25) is 4.79 Å². The third-order valence-electron chi connectivity index (χ3n) is 2.19. The molecule has 0 aliphatic heterocycles. The quantitative estimate of drug-likeness (QED) is 0.625. The molecule has 0 saturated heterocycles. The van der Waals surface area contributed by atoms with Crippen LogP contribution < -0.4 is 0 Å². The Balaban J connectivity index is 3.25. The molecule has 86 valence electrons. The number of hydrogen-bond acceptors (Lipinski definition) is 4. The van der Waals surface area contributed by atoms with E-state index in [1.165, 1.54) is 18.2 Å². The number of aliphatic hydroxyl groups excluding tert-OH is 2. The van der Waals surface area contributed by atoms with Crippen molar-refractivity contribution in [3.05, 3.63) is 59.6 Å². The van der Waals surface area contributed by atoms with Crippen LogP contribution in [-0.2, 0) is 4.79 Å². The summed E-state index contributed by atoms with van der Waals surface area (Å²) < 4.78 is 0. The molecule has 0 aromatic heterocycles. The highest BCUT2D eigenvalue weighted by molar-refractivity contribution is 5.94. The van der Waals surface area contributed by atoms with Gasteiger partial charge < -0.3 is 10.2 Å². The van der Waals surface area contributed by atoms with Crippen LogP contribution in [-0.4, -0.2) is 16.0 Å². The van der Waals surface area contributed by atoms with Crippen LogP contribution in [0.1, 0.15) is 6.42 Å². The summed E-state index contributed by atoms with van der Waals surface area (Å²) in [7, 11) is 0. The molecule has 0 aromatic carbocycles. The number of allylic oxidation sites excluding steroid dienone is 8. The molecule has 0 bridgehead atoms. The van der Waals surface area contributed by atoms with Crippen molar-refractivity contribution in [1.29, 1.82) is 5.26 Å². The Morgan fingerprint density at radius 2 is 2.18 bits per heavy atom. The number of carbonyl (C=O) groups excluding carboxylic acids is 1.